The molecule has 0 spiro atoms. The van der Waals surface area contributed by atoms with Crippen molar-refractivity contribution in [1.29, 1.82) is 0 Å². The van der Waals surface area contributed by atoms with E-state index in [1.54, 1.807) is 6.20 Å². The van der Waals surface area contributed by atoms with E-state index in [0.717, 1.165) is 86.1 Å². The van der Waals surface area contributed by atoms with E-state index in [-0.39, 0.29) is 17.9 Å². The second kappa shape index (κ2) is 10.0. The Morgan fingerprint density at radius 1 is 1.21 bits per heavy atom. The molecule has 1 saturated carbocycles. The van der Waals surface area contributed by atoms with Gasteiger partial charge in [-0.05, 0) is 63.8 Å². The summed E-state index contributed by atoms with van der Waals surface area (Å²) >= 11 is 0. The fraction of sp³-hybridized carbons (Fsp3) is 0.500. The Kier molecular flexibility index (Phi) is 6.67. The average molecular weight is 464 g/mol. The number of hydrogen-bond donors (Lipinski definition) is 1. The summed E-state index contributed by atoms with van der Waals surface area (Å²) in [6.45, 7) is 7.60. The van der Waals surface area contributed by atoms with E-state index in [1.807, 2.05) is 30.9 Å². The number of rotatable bonds is 4. The van der Waals surface area contributed by atoms with Crippen LogP contribution in [0, 0.1) is 5.92 Å². The molecule has 0 unspecified atom stereocenters. The number of pyridine rings is 1. The van der Waals surface area contributed by atoms with Crippen LogP contribution >= 0.6 is 0 Å². The van der Waals surface area contributed by atoms with Gasteiger partial charge in [0.05, 0.1) is 36.8 Å². The molecule has 5 rings (SSSR count). The zero-order valence-electron chi connectivity index (χ0n) is 20.0. The quantitative estimate of drug-likeness (QED) is 0.674. The summed E-state index contributed by atoms with van der Waals surface area (Å²) in [4.78, 5) is 28.2. The van der Waals surface area contributed by atoms with E-state index in [0.29, 0.717) is 6.54 Å². The van der Waals surface area contributed by atoms with Gasteiger partial charge in [0.15, 0.2) is 0 Å². The number of anilines is 4. The van der Waals surface area contributed by atoms with Crippen LogP contribution in [0.25, 0.3) is 0 Å². The summed E-state index contributed by atoms with van der Waals surface area (Å²) in [5.74, 6) is 0.945. The lowest BCUT2D eigenvalue weighted by Crippen LogP contribution is -2.38. The van der Waals surface area contributed by atoms with Gasteiger partial charge in [-0.1, -0.05) is 11.2 Å². The van der Waals surface area contributed by atoms with Crippen molar-refractivity contribution in [2.45, 2.75) is 52.2 Å². The highest BCUT2D eigenvalue weighted by atomic mass is 16.6. The molecular formula is C26H33N5O3. The maximum absolute atomic E-state index is 13.9. The van der Waals surface area contributed by atoms with Gasteiger partial charge in [-0.15, -0.1) is 0 Å². The van der Waals surface area contributed by atoms with Crippen LogP contribution in [0.3, 0.4) is 0 Å². The molecule has 0 atom stereocenters. The van der Waals surface area contributed by atoms with Crippen molar-refractivity contribution in [2.75, 3.05) is 41.4 Å². The summed E-state index contributed by atoms with van der Waals surface area (Å²) in [6.07, 6.45) is 5.04. The number of carbonyl (C=O) groups is 1. The van der Waals surface area contributed by atoms with Crippen molar-refractivity contribution in [3.8, 4) is 0 Å². The van der Waals surface area contributed by atoms with Crippen molar-refractivity contribution < 1.29 is 14.4 Å². The molecular weight excluding hydrogens is 430 g/mol. The number of amides is 1. The fourth-order valence-electron chi connectivity index (χ4n) is 4.82. The first kappa shape index (κ1) is 22.7. The molecule has 34 heavy (non-hydrogen) atoms. The highest BCUT2D eigenvalue weighted by molar-refractivity contribution is 6.01. The molecule has 2 fully saturated rings. The first-order valence-corrected chi connectivity index (χ1v) is 12.3. The lowest BCUT2D eigenvalue weighted by molar-refractivity contribution is -0.123. The van der Waals surface area contributed by atoms with Crippen LogP contribution in [-0.4, -0.2) is 49.0 Å². The standard InChI is InChI=1S/C26H33N5O3/c1-18(2)34-29-21-7-5-19(6-8-21)26(32)31-17-20-4-3-11-27-25(20)28-23-10-9-22(16-24(23)31)30-12-14-33-15-13-30/h3-4,9-11,16,18-19H,5-8,12-15,17H2,1-2H3,(H,27,28). The van der Waals surface area contributed by atoms with Crippen LogP contribution < -0.4 is 15.1 Å². The monoisotopic (exact) mass is 463 g/mol. The Morgan fingerprint density at radius 2 is 2.00 bits per heavy atom. The molecule has 2 aliphatic heterocycles. The van der Waals surface area contributed by atoms with Crippen LogP contribution in [0.1, 0.15) is 45.1 Å². The zero-order chi connectivity index (χ0) is 23.5. The molecule has 0 bridgehead atoms. The maximum atomic E-state index is 13.9. The van der Waals surface area contributed by atoms with Crippen LogP contribution in [0.15, 0.2) is 41.7 Å². The molecule has 1 N–H and O–H groups in total. The first-order valence-electron chi connectivity index (χ1n) is 12.3. The lowest BCUT2D eigenvalue weighted by atomic mass is 9.86. The van der Waals surface area contributed by atoms with Crippen LogP contribution in [-0.2, 0) is 20.9 Å². The molecule has 8 heteroatoms. The van der Waals surface area contributed by atoms with Crippen molar-refractivity contribution in [1.82, 2.24) is 4.98 Å². The number of benzene rings is 1. The number of oxime groups is 1. The Bertz CT molecular complexity index is 1050. The van der Waals surface area contributed by atoms with Gasteiger partial charge in [0.1, 0.15) is 11.9 Å². The van der Waals surface area contributed by atoms with Gasteiger partial charge in [0, 0.05) is 36.5 Å². The lowest BCUT2D eigenvalue weighted by Gasteiger charge is -2.32. The second-order valence-electron chi connectivity index (χ2n) is 9.45. The highest BCUT2D eigenvalue weighted by Gasteiger charge is 2.32. The molecule has 0 radical (unpaired) electrons. The third kappa shape index (κ3) is 4.87. The molecule has 1 aromatic heterocycles. The van der Waals surface area contributed by atoms with Crippen LogP contribution in [0.2, 0.25) is 0 Å². The number of ether oxygens (including phenoxy) is 1. The predicted octanol–water partition coefficient (Wildman–Crippen LogP) is 4.48. The van der Waals surface area contributed by atoms with Gasteiger partial charge in [0.2, 0.25) is 5.91 Å². The largest absolute Gasteiger partial charge is 0.393 e. The summed E-state index contributed by atoms with van der Waals surface area (Å²) in [5.41, 5.74) is 5.01. The van der Waals surface area contributed by atoms with Crippen molar-refractivity contribution >= 4 is 34.5 Å². The van der Waals surface area contributed by atoms with Gasteiger partial charge in [-0.3, -0.25) is 4.79 Å². The minimum absolute atomic E-state index is 0.0314. The number of nitrogens with one attached hydrogen (secondary N) is 1. The maximum Gasteiger partial charge on any atom is 0.230 e. The number of aromatic nitrogens is 1. The SMILES string of the molecule is CC(C)ON=C1CCC(C(=O)N2Cc3cccnc3Nc3ccc(N4CCOCC4)cc32)CC1. The number of fused-ring (bicyclic) bond motifs is 2. The topological polar surface area (TPSA) is 79.3 Å². The van der Waals surface area contributed by atoms with Crippen molar-refractivity contribution in [3.63, 3.8) is 0 Å². The number of nitrogens with zero attached hydrogens (tertiary/aromatic N) is 4. The molecule has 1 aliphatic carbocycles. The predicted molar refractivity (Wildman–Crippen MR) is 134 cm³/mol. The van der Waals surface area contributed by atoms with E-state index in [2.05, 4.69) is 38.6 Å². The van der Waals surface area contributed by atoms with E-state index in [4.69, 9.17) is 9.57 Å². The summed E-state index contributed by atoms with van der Waals surface area (Å²) in [7, 11) is 0. The summed E-state index contributed by atoms with van der Waals surface area (Å²) in [5, 5.41) is 7.76. The third-order valence-electron chi connectivity index (χ3n) is 6.69. The van der Waals surface area contributed by atoms with Crippen molar-refractivity contribution in [3.05, 3.63) is 42.1 Å². The first-order chi connectivity index (χ1) is 16.6. The van der Waals surface area contributed by atoms with Crippen molar-refractivity contribution in [2.24, 2.45) is 11.1 Å². The van der Waals surface area contributed by atoms with E-state index in [9.17, 15) is 4.79 Å². The van der Waals surface area contributed by atoms with Crippen LogP contribution in [0.5, 0.6) is 0 Å². The van der Waals surface area contributed by atoms with Gasteiger partial charge >= 0.3 is 0 Å². The fourth-order valence-corrected chi connectivity index (χ4v) is 4.82. The van der Waals surface area contributed by atoms with Gasteiger partial charge in [0.25, 0.3) is 0 Å². The normalized spacial score (nSPS) is 20.2. The second-order valence-corrected chi connectivity index (χ2v) is 9.45. The number of hydrogen-bond acceptors (Lipinski definition) is 7. The minimum Gasteiger partial charge on any atom is -0.393 e. The molecule has 3 heterocycles. The highest BCUT2D eigenvalue weighted by Crippen LogP contribution is 2.39. The molecule has 1 aromatic carbocycles. The summed E-state index contributed by atoms with van der Waals surface area (Å²) < 4.78 is 5.53. The Balaban J connectivity index is 1.42. The van der Waals surface area contributed by atoms with E-state index in [1.165, 1.54) is 0 Å². The minimum atomic E-state index is -0.0314. The smallest absolute Gasteiger partial charge is 0.230 e. The van der Waals surface area contributed by atoms with Gasteiger partial charge in [-0.25, -0.2) is 4.98 Å². The average Bonchev–Trinajstić information content (AvgIpc) is 3.04. The molecule has 1 saturated heterocycles. The molecule has 1 amide bonds. The molecule has 180 valence electrons. The Labute approximate surface area is 200 Å². The van der Waals surface area contributed by atoms with Gasteiger partial charge in [-0.2, -0.15) is 0 Å². The third-order valence-corrected chi connectivity index (χ3v) is 6.69. The molecule has 8 nitrogen and oxygen atoms in total. The number of carbonyl (C=O) groups excluding carboxylic acids is 1. The van der Waals surface area contributed by atoms with E-state index >= 15 is 0 Å². The Morgan fingerprint density at radius 3 is 2.76 bits per heavy atom. The molecule has 3 aliphatic rings. The zero-order valence-corrected chi connectivity index (χ0v) is 20.0. The van der Waals surface area contributed by atoms with Gasteiger partial charge < -0.3 is 24.7 Å². The molecule has 2 aromatic rings. The van der Waals surface area contributed by atoms with E-state index < -0.39 is 0 Å². The summed E-state index contributed by atoms with van der Waals surface area (Å²) in [6, 6.07) is 10.3. The number of morpholine rings is 1. The Hall–Kier alpha value is -3.13. The van der Waals surface area contributed by atoms with Crippen LogP contribution in [0.4, 0.5) is 22.9 Å².